The third-order valence-corrected chi connectivity index (χ3v) is 9.54. The molecule has 1 aromatic rings. The lowest BCUT2D eigenvalue weighted by atomic mass is 9.47. The van der Waals surface area contributed by atoms with Crippen LogP contribution in [-0.2, 0) is 14.3 Å². The Balaban J connectivity index is 1.40. The molecule has 2 fully saturated rings. The summed E-state index contributed by atoms with van der Waals surface area (Å²) in [5.41, 5.74) is 4.67. The third-order valence-electron chi connectivity index (χ3n) is 8.92. The Morgan fingerprint density at radius 1 is 1.07 bits per heavy atom. The first-order chi connectivity index (χ1) is 14.2. The predicted octanol–water partition coefficient (Wildman–Crippen LogP) is 5.38. The molecule has 0 N–H and O–H groups in total. The first kappa shape index (κ1) is 20.4. The van der Waals surface area contributed by atoms with Crippen LogP contribution in [0.15, 0.2) is 42.3 Å². The van der Waals surface area contributed by atoms with Crippen LogP contribution in [0.2, 0.25) is 0 Å². The monoisotopic (exact) mass is 427 g/mol. The standard InChI is InChI=1S/C25H33NO3S/c1-24-12-10-19(29-30(3,27)28)15-18(24)6-7-20-22-9-8-21(17-5-4-14-26-16-17)25(22,2)13-11-23(20)24/h4-6,8,14,16,19-20,22-23H,7,9-13,15H2,1-3H3/t19?,20-,22-,23-,24-,25+/m0/s1. The quantitative estimate of drug-likeness (QED) is 0.480. The molecule has 1 unspecified atom stereocenters. The minimum absolute atomic E-state index is 0.185. The zero-order chi connectivity index (χ0) is 21.1. The van der Waals surface area contributed by atoms with Gasteiger partial charge in [0.25, 0.3) is 10.1 Å². The highest BCUT2D eigenvalue weighted by atomic mass is 32.2. The summed E-state index contributed by atoms with van der Waals surface area (Å²) in [6.45, 7) is 4.93. The number of nitrogens with zero attached hydrogens (tertiary/aromatic N) is 1. The molecular formula is C25H33NO3S. The normalized spacial score (nSPS) is 40.6. The van der Waals surface area contributed by atoms with Crippen LogP contribution in [-0.4, -0.2) is 25.8 Å². The van der Waals surface area contributed by atoms with Gasteiger partial charge < -0.3 is 0 Å². The minimum Gasteiger partial charge on any atom is -0.267 e. The van der Waals surface area contributed by atoms with Crippen molar-refractivity contribution in [2.24, 2.45) is 28.6 Å². The highest BCUT2D eigenvalue weighted by Gasteiger charge is 2.57. The van der Waals surface area contributed by atoms with Crippen LogP contribution >= 0.6 is 0 Å². The van der Waals surface area contributed by atoms with Gasteiger partial charge in [0.05, 0.1) is 12.4 Å². The summed E-state index contributed by atoms with van der Waals surface area (Å²) in [6, 6.07) is 4.26. The Labute approximate surface area is 180 Å². The molecule has 0 aliphatic heterocycles. The molecule has 1 aromatic heterocycles. The highest BCUT2D eigenvalue weighted by molar-refractivity contribution is 7.86. The van der Waals surface area contributed by atoms with Crippen molar-refractivity contribution in [1.29, 1.82) is 0 Å². The molecular weight excluding hydrogens is 394 g/mol. The van der Waals surface area contributed by atoms with E-state index in [4.69, 9.17) is 4.18 Å². The van der Waals surface area contributed by atoms with Crippen LogP contribution in [0.4, 0.5) is 0 Å². The minimum atomic E-state index is -3.40. The summed E-state index contributed by atoms with van der Waals surface area (Å²) >= 11 is 0. The number of hydrogen-bond acceptors (Lipinski definition) is 4. The Kier molecular flexibility index (Phi) is 4.79. The largest absolute Gasteiger partial charge is 0.267 e. The van der Waals surface area contributed by atoms with Gasteiger partial charge in [-0.05, 0) is 90.7 Å². The molecule has 0 saturated heterocycles. The number of hydrogen-bond donors (Lipinski definition) is 0. The molecule has 0 spiro atoms. The lowest BCUT2D eigenvalue weighted by Crippen LogP contribution is -2.50. The molecule has 0 radical (unpaired) electrons. The van der Waals surface area contributed by atoms with Crippen molar-refractivity contribution in [2.45, 2.75) is 64.9 Å². The van der Waals surface area contributed by atoms with Gasteiger partial charge >= 0.3 is 0 Å². The molecule has 0 bridgehead atoms. The number of aromatic nitrogens is 1. The van der Waals surface area contributed by atoms with E-state index < -0.39 is 10.1 Å². The van der Waals surface area contributed by atoms with Crippen molar-refractivity contribution < 1.29 is 12.6 Å². The maximum Gasteiger partial charge on any atom is 0.264 e. The van der Waals surface area contributed by atoms with E-state index in [1.54, 1.807) is 0 Å². The Bertz CT molecular complexity index is 998. The van der Waals surface area contributed by atoms with E-state index in [1.165, 1.54) is 42.2 Å². The van der Waals surface area contributed by atoms with Gasteiger partial charge in [-0.15, -0.1) is 0 Å². The molecule has 4 nitrogen and oxygen atoms in total. The van der Waals surface area contributed by atoms with Crippen LogP contribution in [0.3, 0.4) is 0 Å². The zero-order valence-corrected chi connectivity index (χ0v) is 19.1. The molecule has 162 valence electrons. The van der Waals surface area contributed by atoms with Crippen molar-refractivity contribution in [3.8, 4) is 0 Å². The van der Waals surface area contributed by atoms with Crippen molar-refractivity contribution >= 4 is 15.7 Å². The molecule has 0 aromatic carbocycles. The summed E-state index contributed by atoms with van der Waals surface area (Å²) in [7, 11) is -3.40. The third kappa shape index (κ3) is 3.20. The van der Waals surface area contributed by atoms with Gasteiger partial charge in [0.2, 0.25) is 0 Å². The van der Waals surface area contributed by atoms with E-state index >= 15 is 0 Å². The van der Waals surface area contributed by atoms with E-state index in [0.29, 0.717) is 17.8 Å². The summed E-state index contributed by atoms with van der Waals surface area (Å²) in [4.78, 5) is 4.37. The fourth-order valence-electron chi connectivity index (χ4n) is 7.49. The van der Waals surface area contributed by atoms with Crippen molar-refractivity contribution in [3.63, 3.8) is 0 Å². The van der Waals surface area contributed by atoms with Gasteiger partial charge in [-0.3, -0.25) is 9.17 Å². The number of pyridine rings is 1. The van der Waals surface area contributed by atoms with Gasteiger partial charge in [0, 0.05) is 12.4 Å². The first-order valence-corrected chi connectivity index (χ1v) is 13.2. The summed E-state index contributed by atoms with van der Waals surface area (Å²) in [6.07, 6.45) is 17.2. The van der Waals surface area contributed by atoms with Gasteiger partial charge in [-0.1, -0.05) is 37.6 Å². The van der Waals surface area contributed by atoms with Gasteiger partial charge in [-0.2, -0.15) is 8.42 Å². The fraction of sp³-hybridized carbons (Fsp3) is 0.640. The molecule has 4 aliphatic rings. The predicted molar refractivity (Wildman–Crippen MR) is 119 cm³/mol. The molecule has 0 amide bonds. The summed E-state index contributed by atoms with van der Waals surface area (Å²) in [5.74, 6) is 2.08. The SMILES string of the molecule is C[C@]12CCC(OS(C)(=O)=O)CC1=CC[C@@H]1[C@@H]2CC[C@]2(C)C(c3cccnc3)=CC[C@@H]12. The molecule has 4 aliphatic carbocycles. The molecule has 5 rings (SSSR count). The maximum atomic E-state index is 11.6. The van der Waals surface area contributed by atoms with Gasteiger partial charge in [0.1, 0.15) is 0 Å². The molecule has 5 heteroatoms. The van der Waals surface area contributed by atoms with Crippen LogP contribution in [0.5, 0.6) is 0 Å². The maximum absolute atomic E-state index is 11.6. The molecule has 6 atom stereocenters. The Hall–Kier alpha value is -1.46. The summed E-state index contributed by atoms with van der Waals surface area (Å²) in [5, 5.41) is 0. The number of fused-ring (bicyclic) bond motifs is 5. The van der Waals surface area contributed by atoms with Crippen molar-refractivity contribution in [2.75, 3.05) is 6.26 Å². The van der Waals surface area contributed by atoms with Crippen molar-refractivity contribution in [3.05, 3.63) is 47.8 Å². The summed E-state index contributed by atoms with van der Waals surface area (Å²) < 4.78 is 28.6. The lowest BCUT2D eigenvalue weighted by Gasteiger charge is -2.57. The lowest BCUT2D eigenvalue weighted by molar-refractivity contribution is -0.0205. The van der Waals surface area contributed by atoms with Crippen LogP contribution in [0.25, 0.3) is 5.57 Å². The smallest absolute Gasteiger partial charge is 0.264 e. The molecule has 30 heavy (non-hydrogen) atoms. The molecule has 1 heterocycles. The average molecular weight is 428 g/mol. The average Bonchev–Trinajstić information content (AvgIpc) is 3.05. The van der Waals surface area contributed by atoms with E-state index in [1.807, 2.05) is 18.5 Å². The zero-order valence-electron chi connectivity index (χ0n) is 18.3. The van der Waals surface area contributed by atoms with Crippen LogP contribution in [0, 0.1) is 28.6 Å². The Morgan fingerprint density at radius 2 is 1.87 bits per heavy atom. The number of allylic oxidation sites excluding steroid dienone is 3. The second-order valence-electron chi connectivity index (χ2n) is 10.5. The fourth-order valence-corrected chi connectivity index (χ4v) is 8.15. The van der Waals surface area contributed by atoms with Gasteiger partial charge in [0.15, 0.2) is 0 Å². The van der Waals surface area contributed by atoms with Crippen LogP contribution < -0.4 is 0 Å². The van der Waals surface area contributed by atoms with E-state index in [2.05, 4.69) is 37.0 Å². The molecule has 2 saturated carbocycles. The van der Waals surface area contributed by atoms with Crippen molar-refractivity contribution in [1.82, 2.24) is 4.98 Å². The topological polar surface area (TPSA) is 56.3 Å². The second kappa shape index (κ2) is 7.03. The van der Waals surface area contributed by atoms with E-state index in [-0.39, 0.29) is 16.9 Å². The highest BCUT2D eigenvalue weighted by Crippen LogP contribution is 2.66. The second-order valence-corrected chi connectivity index (χ2v) is 12.1. The first-order valence-electron chi connectivity index (χ1n) is 11.4. The Morgan fingerprint density at radius 3 is 2.60 bits per heavy atom. The van der Waals surface area contributed by atoms with E-state index in [0.717, 1.165) is 25.7 Å². The number of rotatable bonds is 3. The van der Waals surface area contributed by atoms with Crippen LogP contribution in [0.1, 0.15) is 64.4 Å². The van der Waals surface area contributed by atoms with E-state index in [9.17, 15) is 8.42 Å². The van der Waals surface area contributed by atoms with Gasteiger partial charge in [-0.25, -0.2) is 0 Å².